The minimum Gasteiger partial charge on any atom is -0.497 e. The van der Waals surface area contributed by atoms with E-state index in [-0.39, 0.29) is 30.1 Å². The molecule has 2 rings (SSSR count). The Morgan fingerprint density at radius 2 is 1.94 bits per heavy atom. The number of hydrogen-bond donors (Lipinski definition) is 2. The molecule has 6 nitrogen and oxygen atoms in total. The Labute approximate surface area is 206 Å². The Morgan fingerprint density at radius 1 is 1.23 bits per heavy atom. The smallest absolute Gasteiger partial charge is 0.190 e. The third kappa shape index (κ3) is 8.77. The Bertz CT molecular complexity index is 639. The molecule has 0 bridgehead atoms. The molecular formula is C24H43IN4O2. The summed E-state index contributed by atoms with van der Waals surface area (Å²) >= 11 is 0. The zero-order valence-electron chi connectivity index (χ0n) is 20.2. The van der Waals surface area contributed by atoms with Crippen LogP contribution in [-0.4, -0.2) is 64.4 Å². The fraction of sp³-hybridized carbons (Fsp3) is 0.708. The van der Waals surface area contributed by atoms with Gasteiger partial charge in [-0.25, -0.2) is 0 Å². The van der Waals surface area contributed by atoms with E-state index in [1.165, 1.54) is 18.4 Å². The average molecular weight is 547 g/mol. The van der Waals surface area contributed by atoms with Crippen molar-refractivity contribution in [3.05, 3.63) is 29.8 Å². The SMILES string of the molecule is CCOC(CCNC(=NC)NCC1CCCN(C)C1c1ccc(OC)cc1)C(C)C.I. The molecule has 1 aliphatic rings. The van der Waals surface area contributed by atoms with Gasteiger partial charge in [-0.3, -0.25) is 9.89 Å². The number of ether oxygens (including phenoxy) is 2. The molecule has 178 valence electrons. The Kier molecular flexibility index (Phi) is 13.4. The van der Waals surface area contributed by atoms with Crippen LogP contribution in [0.4, 0.5) is 0 Å². The summed E-state index contributed by atoms with van der Waals surface area (Å²) in [4.78, 5) is 6.90. The Morgan fingerprint density at radius 3 is 2.52 bits per heavy atom. The highest BCUT2D eigenvalue weighted by atomic mass is 127. The molecular weight excluding hydrogens is 503 g/mol. The average Bonchev–Trinajstić information content (AvgIpc) is 2.75. The monoisotopic (exact) mass is 546 g/mol. The molecule has 1 aromatic rings. The number of nitrogens with one attached hydrogen (secondary N) is 2. The van der Waals surface area contributed by atoms with Gasteiger partial charge in [0.15, 0.2) is 5.96 Å². The molecule has 0 saturated carbocycles. The number of likely N-dealkylation sites (tertiary alicyclic amines) is 1. The van der Waals surface area contributed by atoms with Gasteiger partial charge >= 0.3 is 0 Å². The quantitative estimate of drug-likeness (QED) is 0.260. The largest absolute Gasteiger partial charge is 0.497 e. The highest BCUT2D eigenvalue weighted by Crippen LogP contribution is 2.35. The molecule has 1 heterocycles. The normalized spacial score (nSPS) is 20.8. The van der Waals surface area contributed by atoms with Gasteiger partial charge in [0.1, 0.15) is 5.75 Å². The molecule has 3 atom stereocenters. The van der Waals surface area contributed by atoms with Crippen LogP contribution in [0.25, 0.3) is 0 Å². The van der Waals surface area contributed by atoms with E-state index >= 15 is 0 Å². The fourth-order valence-electron chi connectivity index (χ4n) is 4.41. The third-order valence-corrected chi connectivity index (χ3v) is 6.07. The van der Waals surface area contributed by atoms with Crippen molar-refractivity contribution in [1.29, 1.82) is 0 Å². The second-order valence-electron chi connectivity index (χ2n) is 8.51. The summed E-state index contributed by atoms with van der Waals surface area (Å²) < 4.78 is 11.2. The van der Waals surface area contributed by atoms with Gasteiger partial charge in [0.25, 0.3) is 0 Å². The minimum absolute atomic E-state index is 0. The number of piperidine rings is 1. The third-order valence-electron chi connectivity index (χ3n) is 6.07. The van der Waals surface area contributed by atoms with E-state index in [0.717, 1.165) is 44.4 Å². The van der Waals surface area contributed by atoms with E-state index in [0.29, 0.717) is 17.9 Å². The van der Waals surface area contributed by atoms with Gasteiger partial charge in [0.2, 0.25) is 0 Å². The molecule has 0 amide bonds. The maximum atomic E-state index is 5.85. The molecule has 0 aromatic heterocycles. The van der Waals surface area contributed by atoms with Crippen molar-refractivity contribution < 1.29 is 9.47 Å². The standard InChI is InChI=1S/C24H42N4O2.HI/c1-7-30-22(18(2)3)14-15-26-24(25-4)27-17-20-9-8-16-28(5)23(20)19-10-12-21(29-6)13-11-19;/h10-13,18,20,22-23H,7-9,14-17H2,1-6H3,(H2,25,26,27);1H. The van der Waals surface area contributed by atoms with Crippen molar-refractivity contribution in [2.75, 3.05) is 47.4 Å². The first kappa shape index (κ1) is 28.0. The molecule has 3 unspecified atom stereocenters. The van der Waals surface area contributed by atoms with Crippen molar-refractivity contribution >= 4 is 29.9 Å². The fourth-order valence-corrected chi connectivity index (χ4v) is 4.41. The first-order chi connectivity index (χ1) is 14.5. The molecule has 0 radical (unpaired) electrons. The molecule has 2 N–H and O–H groups in total. The van der Waals surface area contributed by atoms with Gasteiger partial charge in [-0.05, 0) is 69.3 Å². The summed E-state index contributed by atoms with van der Waals surface area (Å²) in [6.45, 7) is 10.1. The van der Waals surface area contributed by atoms with Crippen molar-refractivity contribution in [3.8, 4) is 5.75 Å². The lowest BCUT2D eigenvalue weighted by Gasteiger charge is -2.40. The number of benzene rings is 1. The molecule has 1 aliphatic heterocycles. The van der Waals surface area contributed by atoms with E-state index in [2.05, 4.69) is 72.6 Å². The lowest BCUT2D eigenvalue weighted by atomic mass is 9.85. The van der Waals surface area contributed by atoms with Crippen LogP contribution in [-0.2, 0) is 4.74 Å². The van der Waals surface area contributed by atoms with Crippen molar-refractivity contribution in [2.24, 2.45) is 16.8 Å². The van der Waals surface area contributed by atoms with E-state index in [1.807, 2.05) is 7.05 Å². The number of guanidine groups is 1. The van der Waals surface area contributed by atoms with Crippen LogP contribution in [0.1, 0.15) is 51.6 Å². The van der Waals surface area contributed by atoms with Gasteiger partial charge in [-0.1, -0.05) is 26.0 Å². The number of halogens is 1. The number of aliphatic imine (C=N–C) groups is 1. The lowest BCUT2D eigenvalue weighted by molar-refractivity contribution is 0.0258. The van der Waals surface area contributed by atoms with Crippen LogP contribution in [0.15, 0.2) is 29.3 Å². The summed E-state index contributed by atoms with van der Waals surface area (Å²) in [5, 5.41) is 7.03. The number of rotatable bonds is 10. The van der Waals surface area contributed by atoms with Crippen LogP contribution >= 0.6 is 24.0 Å². The van der Waals surface area contributed by atoms with Gasteiger partial charge in [0.05, 0.1) is 13.2 Å². The summed E-state index contributed by atoms with van der Waals surface area (Å²) in [6, 6.07) is 8.92. The summed E-state index contributed by atoms with van der Waals surface area (Å²) in [5.41, 5.74) is 1.35. The van der Waals surface area contributed by atoms with Crippen molar-refractivity contribution in [3.63, 3.8) is 0 Å². The van der Waals surface area contributed by atoms with Gasteiger partial charge in [-0.2, -0.15) is 0 Å². The molecule has 0 spiro atoms. The summed E-state index contributed by atoms with van der Waals surface area (Å²) in [6.07, 6.45) is 3.70. The Hall–Kier alpha value is -1.06. The topological polar surface area (TPSA) is 58.1 Å². The molecule has 1 fully saturated rings. The highest BCUT2D eigenvalue weighted by Gasteiger charge is 2.30. The minimum atomic E-state index is 0. The van der Waals surface area contributed by atoms with E-state index in [9.17, 15) is 0 Å². The van der Waals surface area contributed by atoms with Crippen LogP contribution in [0.2, 0.25) is 0 Å². The lowest BCUT2D eigenvalue weighted by Crippen LogP contribution is -2.45. The summed E-state index contributed by atoms with van der Waals surface area (Å²) in [7, 11) is 5.78. The highest BCUT2D eigenvalue weighted by molar-refractivity contribution is 14.0. The first-order valence-corrected chi connectivity index (χ1v) is 11.4. The van der Waals surface area contributed by atoms with E-state index in [4.69, 9.17) is 9.47 Å². The molecule has 0 aliphatic carbocycles. The van der Waals surface area contributed by atoms with E-state index < -0.39 is 0 Å². The van der Waals surface area contributed by atoms with Gasteiger partial charge < -0.3 is 20.1 Å². The van der Waals surface area contributed by atoms with Crippen LogP contribution in [0, 0.1) is 11.8 Å². The molecule has 7 heteroatoms. The maximum absolute atomic E-state index is 5.85. The maximum Gasteiger partial charge on any atom is 0.190 e. The molecule has 1 saturated heterocycles. The zero-order valence-corrected chi connectivity index (χ0v) is 22.5. The first-order valence-electron chi connectivity index (χ1n) is 11.4. The number of hydrogen-bond acceptors (Lipinski definition) is 4. The van der Waals surface area contributed by atoms with Crippen molar-refractivity contribution in [2.45, 2.75) is 52.2 Å². The van der Waals surface area contributed by atoms with E-state index in [1.54, 1.807) is 7.11 Å². The van der Waals surface area contributed by atoms with Crippen LogP contribution in [0.5, 0.6) is 5.75 Å². The molecule has 31 heavy (non-hydrogen) atoms. The predicted molar refractivity (Wildman–Crippen MR) is 141 cm³/mol. The number of nitrogens with zero attached hydrogens (tertiary/aromatic N) is 2. The Balaban J connectivity index is 0.00000480. The second kappa shape index (κ2) is 14.9. The summed E-state index contributed by atoms with van der Waals surface area (Å²) in [5.74, 6) is 2.83. The van der Waals surface area contributed by atoms with Gasteiger partial charge in [0, 0.05) is 32.8 Å². The molecule has 1 aromatic carbocycles. The van der Waals surface area contributed by atoms with Gasteiger partial charge in [-0.15, -0.1) is 24.0 Å². The zero-order chi connectivity index (χ0) is 21.9. The predicted octanol–water partition coefficient (Wildman–Crippen LogP) is 4.31. The van der Waals surface area contributed by atoms with Crippen LogP contribution < -0.4 is 15.4 Å². The second-order valence-corrected chi connectivity index (χ2v) is 8.51. The van der Waals surface area contributed by atoms with Crippen molar-refractivity contribution in [1.82, 2.24) is 15.5 Å². The number of methoxy groups -OCH3 is 1. The van der Waals surface area contributed by atoms with Crippen LogP contribution in [0.3, 0.4) is 0 Å².